The number of carbonyl (C=O) groups excluding carboxylic acids is 3. The van der Waals surface area contributed by atoms with Crippen LogP contribution < -0.4 is 0 Å². The molecular weight excluding hydrogens is 490 g/mol. The third-order valence-corrected chi connectivity index (χ3v) is 8.86. The molecule has 36 heavy (non-hydrogen) atoms. The lowest BCUT2D eigenvalue weighted by molar-refractivity contribution is -0.153. The smallest absolute Gasteiger partial charge is 0.410 e. The predicted molar refractivity (Wildman–Crippen MR) is 132 cm³/mol. The van der Waals surface area contributed by atoms with Crippen LogP contribution in [0.25, 0.3) is 0 Å². The summed E-state index contributed by atoms with van der Waals surface area (Å²) in [6.45, 7) is 7.98. The fourth-order valence-corrected chi connectivity index (χ4v) is 6.92. The lowest BCUT2D eigenvalue weighted by Gasteiger charge is -2.46. The molecule has 206 valence electrons. The zero-order valence-electron chi connectivity index (χ0n) is 21.8. The van der Waals surface area contributed by atoms with E-state index in [2.05, 4.69) is 4.90 Å². The molecule has 2 saturated heterocycles. The van der Waals surface area contributed by atoms with E-state index in [1.807, 2.05) is 6.92 Å². The number of fused-ring (bicyclic) bond motifs is 1. The molecule has 11 nitrogen and oxygen atoms in total. The van der Waals surface area contributed by atoms with Gasteiger partial charge >= 0.3 is 18.0 Å². The quantitative estimate of drug-likeness (QED) is 0.270. The summed E-state index contributed by atoms with van der Waals surface area (Å²) in [6, 6.07) is -1.31. The molecule has 0 spiro atoms. The van der Waals surface area contributed by atoms with E-state index < -0.39 is 35.4 Å². The Labute approximate surface area is 216 Å². The number of rotatable bonds is 9. The van der Waals surface area contributed by atoms with Crippen molar-refractivity contribution >= 4 is 29.3 Å². The van der Waals surface area contributed by atoms with Crippen LogP contribution in [0.2, 0.25) is 0 Å². The highest BCUT2D eigenvalue weighted by Crippen LogP contribution is 2.42. The standard InChI is InChI=1S/C24H41N3O8S/c1-5-27(36(31)32)19-12-20(22(28)34-6-2)25(15-19)13-16-8-9-17-14-26(24(30)33-4)21(11-18(17)10-16)23(29)35-7-3/h16-21H,5-15H2,1-4H3,(H,31,32). The summed E-state index contributed by atoms with van der Waals surface area (Å²) in [7, 11) is 1.32. The average Bonchev–Trinajstić information content (AvgIpc) is 3.26. The van der Waals surface area contributed by atoms with E-state index in [1.54, 1.807) is 13.8 Å². The molecule has 2 aliphatic heterocycles. The Hall–Kier alpha value is -1.76. The SMILES string of the molecule is CCOC(=O)C1CC(N(CC)S(=O)O)CN1CC1CCC2CN(C(=O)OC)C(C(=O)OCC)CC2C1. The van der Waals surface area contributed by atoms with Crippen LogP contribution in [0.5, 0.6) is 0 Å². The summed E-state index contributed by atoms with van der Waals surface area (Å²) >= 11 is -2.10. The van der Waals surface area contributed by atoms with Crippen LogP contribution in [-0.2, 0) is 35.1 Å². The minimum atomic E-state index is -2.10. The number of amides is 1. The van der Waals surface area contributed by atoms with E-state index in [0.717, 1.165) is 19.3 Å². The van der Waals surface area contributed by atoms with Gasteiger partial charge in [0.25, 0.3) is 0 Å². The maximum absolute atomic E-state index is 12.7. The minimum absolute atomic E-state index is 0.205. The molecule has 3 fully saturated rings. The van der Waals surface area contributed by atoms with Crippen molar-refractivity contribution in [2.24, 2.45) is 17.8 Å². The highest BCUT2D eigenvalue weighted by atomic mass is 32.2. The first kappa shape index (κ1) is 28.8. The highest BCUT2D eigenvalue weighted by Gasteiger charge is 2.46. The van der Waals surface area contributed by atoms with E-state index in [1.165, 1.54) is 16.3 Å². The van der Waals surface area contributed by atoms with E-state index in [9.17, 15) is 23.1 Å². The number of hydrogen-bond donors (Lipinski definition) is 1. The summed E-state index contributed by atoms with van der Waals surface area (Å²) in [5.41, 5.74) is 0. The van der Waals surface area contributed by atoms with Crippen molar-refractivity contribution in [3.63, 3.8) is 0 Å². The molecule has 1 N–H and O–H groups in total. The van der Waals surface area contributed by atoms with E-state index in [4.69, 9.17) is 14.2 Å². The molecule has 12 heteroatoms. The Morgan fingerprint density at radius 2 is 1.61 bits per heavy atom. The number of hydrogen-bond acceptors (Lipinski definition) is 8. The molecule has 7 unspecified atom stereocenters. The molecule has 0 bridgehead atoms. The maximum Gasteiger partial charge on any atom is 0.410 e. The fourth-order valence-electron chi connectivity index (χ4n) is 6.29. The number of esters is 2. The summed E-state index contributed by atoms with van der Waals surface area (Å²) in [6.07, 6.45) is 3.23. The van der Waals surface area contributed by atoms with Crippen LogP contribution in [0.15, 0.2) is 0 Å². The first-order valence-electron chi connectivity index (χ1n) is 13.0. The second-order valence-electron chi connectivity index (χ2n) is 9.90. The average molecular weight is 532 g/mol. The van der Waals surface area contributed by atoms with Crippen LogP contribution in [0.3, 0.4) is 0 Å². The Morgan fingerprint density at radius 1 is 0.944 bits per heavy atom. The number of nitrogens with zero attached hydrogens (tertiary/aromatic N) is 3. The molecule has 2 heterocycles. The van der Waals surface area contributed by atoms with E-state index in [-0.39, 0.29) is 37.1 Å². The molecule has 0 aromatic carbocycles. The molecule has 0 radical (unpaired) electrons. The van der Waals surface area contributed by atoms with Crippen molar-refractivity contribution in [1.82, 2.24) is 14.1 Å². The molecule has 3 aliphatic rings. The highest BCUT2D eigenvalue weighted by molar-refractivity contribution is 7.76. The first-order chi connectivity index (χ1) is 17.2. The maximum atomic E-state index is 12.7. The second-order valence-corrected chi connectivity index (χ2v) is 10.8. The van der Waals surface area contributed by atoms with Crippen molar-refractivity contribution in [3.05, 3.63) is 0 Å². The normalized spacial score (nSPS) is 31.6. The summed E-state index contributed by atoms with van der Waals surface area (Å²) in [4.78, 5) is 41.4. The van der Waals surface area contributed by atoms with Crippen molar-refractivity contribution in [2.75, 3.05) is 46.5 Å². The molecule has 7 atom stereocenters. The van der Waals surface area contributed by atoms with Crippen LogP contribution in [0.1, 0.15) is 52.9 Å². The summed E-state index contributed by atoms with van der Waals surface area (Å²) in [5.74, 6) is 0.164. The van der Waals surface area contributed by atoms with Crippen LogP contribution in [0, 0.1) is 17.8 Å². The third kappa shape index (κ3) is 6.56. The van der Waals surface area contributed by atoms with Gasteiger partial charge in [-0.3, -0.25) is 19.1 Å². The van der Waals surface area contributed by atoms with Gasteiger partial charge in [-0.15, -0.1) is 0 Å². The molecule has 1 saturated carbocycles. The van der Waals surface area contributed by atoms with Crippen LogP contribution in [-0.4, -0.2) is 106 Å². The monoisotopic (exact) mass is 531 g/mol. The summed E-state index contributed by atoms with van der Waals surface area (Å²) in [5, 5.41) is 0. The van der Waals surface area contributed by atoms with Crippen molar-refractivity contribution in [3.8, 4) is 0 Å². The molecule has 0 aromatic rings. The van der Waals surface area contributed by atoms with Crippen LogP contribution in [0.4, 0.5) is 4.79 Å². The van der Waals surface area contributed by atoms with Gasteiger partial charge in [0, 0.05) is 32.2 Å². The van der Waals surface area contributed by atoms with Gasteiger partial charge in [-0.1, -0.05) is 6.92 Å². The number of ether oxygens (including phenoxy) is 3. The topological polar surface area (TPSA) is 126 Å². The fraction of sp³-hybridized carbons (Fsp3) is 0.875. The summed E-state index contributed by atoms with van der Waals surface area (Å²) < 4.78 is 38.6. The first-order valence-corrected chi connectivity index (χ1v) is 14.1. The second kappa shape index (κ2) is 13.2. The van der Waals surface area contributed by atoms with Crippen LogP contribution >= 0.6 is 0 Å². The zero-order chi connectivity index (χ0) is 26.4. The van der Waals surface area contributed by atoms with E-state index in [0.29, 0.717) is 44.9 Å². The lowest BCUT2D eigenvalue weighted by atomic mass is 9.69. The Balaban J connectivity index is 1.70. The molecule has 1 amide bonds. The predicted octanol–water partition coefficient (Wildman–Crippen LogP) is 1.89. The minimum Gasteiger partial charge on any atom is -0.465 e. The number of likely N-dealkylation sites (N-methyl/N-ethyl adjacent to an activating group) is 1. The molecule has 1 aliphatic carbocycles. The zero-order valence-corrected chi connectivity index (χ0v) is 22.6. The van der Waals surface area contributed by atoms with Gasteiger partial charge in [-0.2, -0.15) is 4.31 Å². The Kier molecular flexibility index (Phi) is 10.5. The van der Waals surface area contributed by atoms with Crippen molar-refractivity contribution in [2.45, 2.75) is 71.0 Å². The van der Waals surface area contributed by atoms with Gasteiger partial charge in [0.15, 0.2) is 0 Å². The van der Waals surface area contributed by atoms with Crippen molar-refractivity contribution in [1.29, 1.82) is 0 Å². The number of likely N-dealkylation sites (tertiary alicyclic amines) is 2. The van der Waals surface area contributed by atoms with Gasteiger partial charge in [-0.25, -0.2) is 13.8 Å². The van der Waals surface area contributed by atoms with Crippen molar-refractivity contribution < 1.29 is 37.4 Å². The molecule has 3 rings (SSSR count). The van der Waals surface area contributed by atoms with Gasteiger partial charge in [0.05, 0.1) is 20.3 Å². The lowest BCUT2D eigenvalue weighted by Crippen LogP contribution is -2.55. The van der Waals surface area contributed by atoms with Gasteiger partial charge in [-0.05, 0) is 63.7 Å². The number of methoxy groups -OCH3 is 1. The third-order valence-electron chi connectivity index (χ3n) is 7.90. The van der Waals surface area contributed by atoms with Gasteiger partial charge < -0.3 is 14.2 Å². The Morgan fingerprint density at radius 3 is 2.19 bits per heavy atom. The Bertz CT molecular complexity index is 814. The number of piperidine rings is 1. The largest absolute Gasteiger partial charge is 0.465 e. The van der Waals surface area contributed by atoms with E-state index >= 15 is 0 Å². The molecular formula is C24H41N3O8S. The molecule has 0 aromatic heterocycles. The van der Waals surface area contributed by atoms with Gasteiger partial charge in [0.1, 0.15) is 12.1 Å². The number of carbonyl (C=O) groups is 3. The van der Waals surface area contributed by atoms with Gasteiger partial charge in [0.2, 0.25) is 11.3 Å².